The zero-order valence-electron chi connectivity index (χ0n) is 21.1. The van der Waals surface area contributed by atoms with Crippen molar-refractivity contribution >= 4 is 34.5 Å². The number of hydrogen-bond donors (Lipinski definition) is 4. The minimum atomic E-state index is -0.0679. The summed E-state index contributed by atoms with van der Waals surface area (Å²) in [5, 5.41) is 9.91. The maximum absolute atomic E-state index is 12.1. The molecule has 2 heterocycles. The first-order chi connectivity index (χ1) is 18.2. The predicted molar refractivity (Wildman–Crippen MR) is 144 cm³/mol. The summed E-state index contributed by atoms with van der Waals surface area (Å²) in [5.41, 5.74) is 4.25. The van der Waals surface area contributed by atoms with Crippen LogP contribution in [0.25, 0.3) is 11.2 Å². The van der Waals surface area contributed by atoms with E-state index >= 15 is 0 Å². The van der Waals surface area contributed by atoms with Gasteiger partial charge in [0.05, 0.1) is 6.61 Å². The lowest BCUT2D eigenvalue weighted by atomic mass is 9.95. The molecule has 0 aliphatic heterocycles. The van der Waals surface area contributed by atoms with Crippen LogP contribution in [0.2, 0.25) is 0 Å². The second-order valence-electron chi connectivity index (χ2n) is 9.46. The number of H-pyrrole nitrogens is 2. The van der Waals surface area contributed by atoms with Gasteiger partial charge in [0.15, 0.2) is 12.1 Å². The van der Waals surface area contributed by atoms with Crippen LogP contribution >= 0.6 is 0 Å². The zero-order valence-corrected chi connectivity index (χ0v) is 21.1. The third-order valence-electron chi connectivity index (χ3n) is 6.64. The highest BCUT2D eigenvalue weighted by molar-refractivity contribution is 5.94. The van der Waals surface area contributed by atoms with Crippen LogP contribution in [0.4, 0.5) is 17.5 Å². The van der Waals surface area contributed by atoms with Crippen molar-refractivity contribution in [3.8, 4) is 5.75 Å². The van der Waals surface area contributed by atoms with Crippen LogP contribution in [-0.4, -0.2) is 40.1 Å². The lowest BCUT2D eigenvalue weighted by Gasteiger charge is -2.23. The molecule has 5 N–H and O–H groups in total. The normalized spacial score (nSPS) is 13.9. The second-order valence-corrected chi connectivity index (χ2v) is 9.46. The van der Waals surface area contributed by atoms with Gasteiger partial charge in [-0.3, -0.25) is 9.78 Å². The van der Waals surface area contributed by atoms with Crippen LogP contribution in [-0.2, 0) is 0 Å². The van der Waals surface area contributed by atoms with Crippen molar-refractivity contribution in [2.24, 2.45) is 0 Å². The van der Waals surface area contributed by atoms with Crippen molar-refractivity contribution in [2.75, 3.05) is 23.8 Å². The van der Waals surface area contributed by atoms with E-state index < -0.39 is 0 Å². The van der Waals surface area contributed by atoms with Gasteiger partial charge in [0.2, 0.25) is 5.52 Å². The van der Waals surface area contributed by atoms with E-state index in [1.807, 2.05) is 43.3 Å². The van der Waals surface area contributed by atoms with Crippen LogP contribution in [0.15, 0.2) is 54.9 Å². The Balaban J connectivity index is 1.16. The molecule has 0 spiro atoms. The molecule has 0 bridgehead atoms. The summed E-state index contributed by atoms with van der Waals surface area (Å²) in [4.78, 5) is 27.9. The van der Waals surface area contributed by atoms with Gasteiger partial charge < -0.3 is 20.7 Å². The quantitative estimate of drug-likeness (QED) is 0.233. The Morgan fingerprint density at radius 3 is 2.76 bits per heavy atom. The molecule has 5 rings (SSSR count). The maximum atomic E-state index is 12.1. The Morgan fingerprint density at radius 2 is 1.95 bits per heavy atom. The number of hydrogen-bond acceptors (Lipinski definition) is 6. The molecular formula is C28H34N7O2+. The van der Waals surface area contributed by atoms with Gasteiger partial charge in [-0.25, -0.2) is 4.98 Å². The van der Waals surface area contributed by atoms with E-state index in [-0.39, 0.29) is 5.91 Å². The number of nitrogens with one attached hydrogen (secondary N) is 5. The number of aryl methyl sites for hydroxylation is 1. The van der Waals surface area contributed by atoms with Gasteiger partial charge in [-0.05, 0) is 62.1 Å². The second kappa shape index (κ2) is 11.7. The van der Waals surface area contributed by atoms with Gasteiger partial charge in [-0.1, -0.05) is 42.4 Å². The van der Waals surface area contributed by atoms with Gasteiger partial charge >= 0.3 is 11.6 Å². The molecule has 37 heavy (non-hydrogen) atoms. The molecule has 1 aliphatic rings. The highest BCUT2D eigenvalue weighted by atomic mass is 16.5. The topological polar surface area (TPSA) is 118 Å². The average molecular weight is 501 g/mol. The van der Waals surface area contributed by atoms with Crippen LogP contribution in [0.1, 0.15) is 54.4 Å². The summed E-state index contributed by atoms with van der Waals surface area (Å²) in [6.45, 7) is 3.09. The van der Waals surface area contributed by atoms with Crippen molar-refractivity contribution in [2.45, 2.75) is 51.5 Å². The number of carbonyl (C=O) groups is 1. The molecule has 1 saturated carbocycles. The first-order valence-corrected chi connectivity index (χ1v) is 13.0. The number of fused-ring (bicyclic) bond motifs is 1. The van der Waals surface area contributed by atoms with Crippen LogP contribution in [0.5, 0.6) is 5.75 Å². The molecule has 0 atom stereocenters. The number of carbonyl (C=O) groups excluding carboxylic acids is 1. The minimum Gasteiger partial charge on any atom is -0.494 e. The van der Waals surface area contributed by atoms with E-state index in [2.05, 4.69) is 30.9 Å². The molecule has 9 nitrogen and oxygen atoms in total. The molecule has 0 radical (unpaired) electrons. The number of benzene rings is 2. The van der Waals surface area contributed by atoms with Crippen LogP contribution in [0.3, 0.4) is 0 Å². The zero-order chi connectivity index (χ0) is 25.5. The summed E-state index contributed by atoms with van der Waals surface area (Å²) in [5.74, 6) is 2.07. The molecule has 9 heteroatoms. The number of imidazole rings is 1. The number of rotatable bonds is 10. The van der Waals surface area contributed by atoms with E-state index in [0.717, 1.165) is 40.4 Å². The SMILES string of the molecule is Cc1cc(OCCCNC(=O)c2ccccc2)ccc1Nc1nc(NC2CCCCC2)c2[nH]c[nH+]c2n1. The van der Waals surface area contributed by atoms with Crippen molar-refractivity contribution in [3.63, 3.8) is 0 Å². The largest absolute Gasteiger partial charge is 0.494 e. The van der Waals surface area contributed by atoms with Gasteiger partial charge in [0, 0.05) is 23.8 Å². The molecule has 0 saturated heterocycles. The molecule has 1 amide bonds. The number of aromatic amines is 2. The summed E-state index contributed by atoms with van der Waals surface area (Å²) in [7, 11) is 0. The van der Waals surface area contributed by atoms with E-state index in [9.17, 15) is 4.79 Å². The summed E-state index contributed by atoms with van der Waals surface area (Å²) in [6, 6.07) is 15.6. The fourth-order valence-electron chi connectivity index (χ4n) is 4.62. The third-order valence-corrected chi connectivity index (χ3v) is 6.64. The molecule has 2 aromatic heterocycles. The Hall–Kier alpha value is -4.14. The van der Waals surface area contributed by atoms with Crippen molar-refractivity contribution in [1.82, 2.24) is 20.3 Å². The van der Waals surface area contributed by atoms with Gasteiger partial charge in [0.1, 0.15) is 5.75 Å². The van der Waals surface area contributed by atoms with E-state index in [0.29, 0.717) is 30.7 Å². The lowest BCUT2D eigenvalue weighted by Crippen LogP contribution is -2.25. The molecule has 0 unspecified atom stereocenters. The number of aromatic nitrogens is 4. The third kappa shape index (κ3) is 6.35. The van der Waals surface area contributed by atoms with Crippen molar-refractivity contribution in [3.05, 3.63) is 66.0 Å². The summed E-state index contributed by atoms with van der Waals surface area (Å²) in [6.07, 6.45) is 8.64. The standard InChI is InChI=1S/C28H33N7O2/c1-19-17-22(37-16-8-15-29-27(36)20-9-4-2-5-10-20)13-14-23(19)33-28-34-25-24(30-18-31-25)26(35-28)32-21-11-6-3-7-12-21/h2,4-5,9-10,13-14,17-18,21H,3,6-8,11-12,15-16H2,1H3,(H,29,36)(H3,30,31,32,33,34,35)/p+1. The first-order valence-electron chi connectivity index (χ1n) is 13.0. The molecule has 2 aromatic carbocycles. The van der Waals surface area contributed by atoms with Gasteiger partial charge in [-0.15, -0.1) is 0 Å². The Kier molecular flexibility index (Phi) is 7.78. The first kappa shape index (κ1) is 24.5. The number of nitrogens with zero attached hydrogens (tertiary/aromatic N) is 2. The van der Waals surface area contributed by atoms with Crippen LogP contribution in [0, 0.1) is 6.92 Å². The molecule has 4 aromatic rings. The fourth-order valence-corrected chi connectivity index (χ4v) is 4.62. The fraction of sp³-hybridized carbons (Fsp3) is 0.357. The Morgan fingerprint density at radius 1 is 1.11 bits per heavy atom. The smallest absolute Gasteiger partial charge is 0.307 e. The molecular weight excluding hydrogens is 466 g/mol. The molecule has 1 aliphatic carbocycles. The Bertz CT molecular complexity index is 1330. The highest BCUT2D eigenvalue weighted by Gasteiger charge is 2.20. The number of ether oxygens (including phenoxy) is 1. The van der Waals surface area contributed by atoms with Gasteiger partial charge in [-0.2, -0.15) is 4.98 Å². The van der Waals surface area contributed by atoms with E-state index in [4.69, 9.17) is 9.72 Å². The average Bonchev–Trinajstić information content (AvgIpc) is 3.40. The van der Waals surface area contributed by atoms with Gasteiger partial charge in [0.25, 0.3) is 5.91 Å². The predicted octanol–water partition coefficient (Wildman–Crippen LogP) is 4.77. The lowest BCUT2D eigenvalue weighted by molar-refractivity contribution is -0.347. The van der Waals surface area contributed by atoms with Crippen molar-refractivity contribution in [1.29, 1.82) is 0 Å². The van der Waals surface area contributed by atoms with E-state index in [1.54, 1.807) is 18.5 Å². The summed E-state index contributed by atoms with van der Waals surface area (Å²) < 4.78 is 5.90. The monoisotopic (exact) mass is 500 g/mol. The molecule has 192 valence electrons. The number of anilines is 3. The Labute approximate surface area is 216 Å². The maximum Gasteiger partial charge on any atom is 0.307 e. The summed E-state index contributed by atoms with van der Waals surface area (Å²) >= 11 is 0. The minimum absolute atomic E-state index is 0.0679. The highest BCUT2D eigenvalue weighted by Crippen LogP contribution is 2.27. The van der Waals surface area contributed by atoms with E-state index in [1.165, 1.54) is 32.1 Å². The van der Waals surface area contributed by atoms with Crippen LogP contribution < -0.4 is 25.7 Å². The molecule has 1 fully saturated rings. The van der Waals surface area contributed by atoms with Crippen molar-refractivity contribution < 1.29 is 14.5 Å². The number of amides is 1.